The zero-order valence-electron chi connectivity index (χ0n) is 6.76. The summed E-state index contributed by atoms with van der Waals surface area (Å²) in [6.45, 7) is 3.55. The van der Waals surface area contributed by atoms with E-state index in [1.165, 1.54) is 7.11 Å². The zero-order chi connectivity index (χ0) is 8.43. The monoisotopic (exact) mass is 154 g/mol. The van der Waals surface area contributed by atoms with Crippen molar-refractivity contribution in [3.63, 3.8) is 0 Å². The molecule has 1 aromatic heterocycles. The topological polar surface area (TPSA) is 55.0 Å². The molecule has 11 heavy (non-hydrogen) atoms. The van der Waals surface area contributed by atoms with Gasteiger partial charge in [-0.05, 0) is 13.8 Å². The number of hydrogen-bond donors (Lipinski definition) is 1. The molecule has 0 radical (unpaired) electrons. The smallest absolute Gasteiger partial charge is 0.356 e. The molecule has 0 aliphatic rings. The van der Waals surface area contributed by atoms with Crippen LogP contribution in [-0.4, -0.2) is 23.0 Å². The van der Waals surface area contributed by atoms with E-state index in [0.29, 0.717) is 11.4 Å². The standard InChI is InChI=1S/C7H10N2O2/c1-4-6(7(10)11-3)9-5(2)8-4/h1-3H3,(H,8,9). The zero-order valence-corrected chi connectivity index (χ0v) is 6.76. The first-order chi connectivity index (χ1) is 5.15. The number of methoxy groups -OCH3 is 1. The Morgan fingerprint density at radius 2 is 2.18 bits per heavy atom. The lowest BCUT2D eigenvalue weighted by Gasteiger charge is -1.93. The van der Waals surface area contributed by atoms with Crippen molar-refractivity contribution < 1.29 is 9.53 Å². The third kappa shape index (κ3) is 1.39. The van der Waals surface area contributed by atoms with Gasteiger partial charge in [0.1, 0.15) is 11.5 Å². The summed E-state index contributed by atoms with van der Waals surface area (Å²) in [5, 5.41) is 0. The van der Waals surface area contributed by atoms with Crippen molar-refractivity contribution in [3.05, 3.63) is 17.2 Å². The molecule has 0 atom stereocenters. The minimum absolute atomic E-state index is 0.372. The van der Waals surface area contributed by atoms with Crippen LogP contribution >= 0.6 is 0 Å². The SMILES string of the molecule is COC(=O)c1[nH]c(C)nc1C. The highest BCUT2D eigenvalue weighted by molar-refractivity contribution is 5.88. The molecule has 0 spiro atoms. The van der Waals surface area contributed by atoms with E-state index in [0.717, 1.165) is 5.82 Å². The van der Waals surface area contributed by atoms with E-state index < -0.39 is 0 Å². The molecular weight excluding hydrogens is 144 g/mol. The Kier molecular flexibility index (Phi) is 1.94. The first kappa shape index (κ1) is 7.78. The lowest BCUT2D eigenvalue weighted by molar-refractivity contribution is 0.0593. The summed E-state index contributed by atoms with van der Waals surface area (Å²) in [7, 11) is 1.35. The van der Waals surface area contributed by atoms with Crippen molar-refractivity contribution >= 4 is 5.97 Å². The maximum Gasteiger partial charge on any atom is 0.356 e. The Balaban J connectivity index is 3.03. The summed E-state index contributed by atoms with van der Waals surface area (Å²) in [5.41, 5.74) is 1.11. The molecule has 4 nitrogen and oxygen atoms in total. The minimum atomic E-state index is -0.372. The fraction of sp³-hybridized carbons (Fsp3) is 0.429. The summed E-state index contributed by atoms with van der Waals surface area (Å²) < 4.78 is 4.52. The number of esters is 1. The molecule has 0 aromatic carbocycles. The average Bonchev–Trinajstić information content (AvgIpc) is 2.28. The predicted octanol–water partition coefficient (Wildman–Crippen LogP) is 0.813. The molecule has 0 saturated carbocycles. The molecule has 0 saturated heterocycles. The molecule has 4 heteroatoms. The van der Waals surface area contributed by atoms with Crippen molar-refractivity contribution in [2.75, 3.05) is 7.11 Å². The van der Waals surface area contributed by atoms with Crippen molar-refractivity contribution in [2.24, 2.45) is 0 Å². The van der Waals surface area contributed by atoms with Gasteiger partial charge in [-0.2, -0.15) is 0 Å². The fourth-order valence-corrected chi connectivity index (χ4v) is 0.908. The summed E-state index contributed by atoms with van der Waals surface area (Å²) in [4.78, 5) is 17.8. The van der Waals surface area contributed by atoms with Crippen LogP contribution < -0.4 is 0 Å². The largest absolute Gasteiger partial charge is 0.464 e. The minimum Gasteiger partial charge on any atom is -0.464 e. The quantitative estimate of drug-likeness (QED) is 0.609. The van der Waals surface area contributed by atoms with Crippen molar-refractivity contribution in [1.29, 1.82) is 0 Å². The number of rotatable bonds is 1. The van der Waals surface area contributed by atoms with E-state index in [-0.39, 0.29) is 5.97 Å². The molecule has 1 N–H and O–H groups in total. The number of imidazole rings is 1. The normalized spacial score (nSPS) is 9.73. The summed E-state index contributed by atoms with van der Waals surface area (Å²) in [5.74, 6) is 0.353. The number of aromatic nitrogens is 2. The van der Waals surface area contributed by atoms with Crippen LogP contribution in [0.3, 0.4) is 0 Å². The van der Waals surface area contributed by atoms with E-state index in [9.17, 15) is 4.79 Å². The molecule has 60 valence electrons. The highest BCUT2D eigenvalue weighted by Crippen LogP contribution is 2.04. The molecule has 1 heterocycles. The highest BCUT2D eigenvalue weighted by Gasteiger charge is 2.11. The van der Waals surface area contributed by atoms with Crippen LogP contribution in [0.4, 0.5) is 0 Å². The van der Waals surface area contributed by atoms with E-state index in [4.69, 9.17) is 0 Å². The average molecular weight is 154 g/mol. The Bertz CT molecular complexity index is 278. The van der Waals surface area contributed by atoms with Gasteiger partial charge < -0.3 is 9.72 Å². The second-order valence-corrected chi connectivity index (χ2v) is 2.27. The number of nitrogens with zero attached hydrogens (tertiary/aromatic N) is 1. The number of carbonyl (C=O) groups excluding carboxylic acids is 1. The van der Waals surface area contributed by atoms with Crippen LogP contribution in [0.2, 0.25) is 0 Å². The molecule has 0 aliphatic heterocycles. The van der Waals surface area contributed by atoms with Crippen LogP contribution in [0.1, 0.15) is 22.0 Å². The van der Waals surface area contributed by atoms with Gasteiger partial charge in [0.05, 0.1) is 12.8 Å². The lowest BCUT2D eigenvalue weighted by Crippen LogP contribution is -2.03. The maximum absolute atomic E-state index is 11.0. The molecule has 1 rings (SSSR count). The number of H-pyrrole nitrogens is 1. The van der Waals surface area contributed by atoms with E-state index in [1.54, 1.807) is 13.8 Å². The van der Waals surface area contributed by atoms with E-state index in [2.05, 4.69) is 14.7 Å². The summed E-state index contributed by atoms with van der Waals surface area (Å²) >= 11 is 0. The van der Waals surface area contributed by atoms with E-state index in [1.807, 2.05) is 0 Å². The molecular formula is C7H10N2O2. The molecule has 0 fully saturated rings. The molecule has 1 aromatic rings. The van der Waals surface area contributed by atoms with Gasteiger partial charge in [0.15, 0.2) is 0 Å². The Labute approximate surface area is 64.6 Å². The summed E-state index contributed by atoms with van der Waals surface area (Å²) in [6, 6.07) is 0. The van der Waals surface area contributed by atoms with Gasteiger partial charge >= 0.3 is 5.97 Å². The van der Waals surface area contributed by atoms with Gasteiger partial charge in [0.2, 0.25) is 0 Å². The van der Waals surface area contributed by atoms with Crippen LogP contribution in [0.25, 0.3) is 0 Å². The Morgan fingerprint density at radius 3 is 2.55 bits per heavy atom. The predicted molar refractivity (Wildman–Crippen MR) is 39.4 cm³/mol. The second-order valence-electron chi connectivity index (χ2n) is 2.27. The van der Waals surface area contributed by atoms with Gasteiger partial charge in [-0.1, -0.05) is 0 Å². The number of carbonyl (C=O) groups is 1. The van der Waals surface area contributed by atoms with Crippen LogP contribution in [-0.2, 0) is 4.74 Å². The number of nitrogens with one attached hydrogen (secondary N) is 1. The first-order valence-corrected chi connectivity index (χ1v) is 3.26. The van der Waals surface area contributed by atoms with Crippen molar-refractivity contribution in [1.82, 2.24) is 9.97 Å². The van der Waals surface area contributed by atoms with Crippen LogP contribution in [0.5, 0.6) is 0 Å². The van der Waals surface area contributed by atoms with Gasteiger partial charge in [-0.3, -0.25) is 0 Å². The van der Waals surface area contributed by atoms with Crippen molar-refractivity contribution in [2.45, 2.75) is 13.8 Å². The third-order valence-electron chi connectivity index (χ3n) is 1.39. The Morgan fingerprint density at radius 1 is 1.55 bits per heavy atom. The van der Waals surface area contributed by atoms with Crippen LogP contribution in [0, 0.1) is 13.8 Å². The highest BCUT2D eigenvalue weighted by atomic mass is 16.5. The molecule has 0 bridgehead atoms. The van der Waals surface area contributed by atoms with Crippen LogP contribution in [0.15, 0.2) is 0 Å². The number of ether oxygens (including phenoxy) is 1. The van der Waals surface area contributed by atoms with Gasteiger partial charge in [0.25, 0.3) is 0 Å². The fourth-order valence-electron chi connectivity index (χ4n) is 0.908. The maximum atomic E-state index is 11.0. The Hall–Kier alpha value is -1.32. The number of aromatic amines is 1. The van der Waals surface area contributed by atoms with Gasteiger partial charge in [0, 0.05) is 0 Å². The van der Waals surface area contributed by atoms with Gasteiger partial charge in [-0.15, -0.1) is 0 Å². The molecule has 0 aliphatic carbocycles. The first-order valence-electron chi connectivity index (χ1n) is 3.26. The summed E-state index contributed by atoms with van der Waals surface area (Å²) in [6.07, 6.45) is 0. The third-order valence-corrected chi connectivity index (χ3v) is 1.39. The molecule has 0 amide bonds. The second kappa shape index (κ2) is 2.74. The number of hydrogen-bond acceptors (Lipinski definition) is 3. The van der Waals surface area contributed by atoms with Crippen molar-refractivity contribution in [3.8, 4) is 0 Å². The molecule has 0 unspecified atom stereocenters. The van der Waals surface area contributed by atoms with E-state index >= 15 is 0 Å². The lowest BCUT2D eigenvalue weighted by atomic mass is 10.3. The van der Waals surface area contributed by atoms with Gasteiger partial charge in [-0.25, -0.2) is 9.78 Å². The number of aryl methyl sites for hydroxylation is 2.